The van der Waals surface area contributed by atoms with Crippen molar-refractivity contribution < 1.29 is 9.32 Å². The Morgan fingerprint density at radius 2 is 1.85 bits per heavy atom. The molecule has 10 nitrogen and oxygen atoms in total. The van der Waals surface area contributed by atoms with Gasteiger partial charge in [-0.15, -0.1) is 0 Å². The summed E-state index contributed by atoms with van der Waals surface area (Å²) in [6.45, 7) is 5.31. The van der Waals surface area contributed by atoms with Gasteiger partial charge < -0.3 is 9.42 Å². The molecular weight excluding hydrogens is 422 g/mol. The Morgan fingerprint density at radius 3 is 2.64 bits per heavy atom. The standard InChI is InChI=1S/C23H29N7O3/c1-17(22-24-21(26-33-22)18-8-4-2-5-9-18)27-12-14-28(15-13-27)20(31)16-30-23(32)29-11-7-3-6-10-19(29)25-30/h2,4-5,8-9,17H,3,6-7,10-16H2,1H3. The Balaban J connectivity index is 1.18. The summed E-state index contributed by atoms with van der Waals surface area (Å²) in [6, 6.07) is 9.70. The predicted octanol–water partition coefficient (Wildman–Crippen LogP) is 1.73. The van der Waals surface area contributed by atoms with Gasteiger partial charge in [-0.3, -0.25) is 14.3 Å². The van der Waals surface area contributed by atoms with E-state index in [1.54, 1.807) is 4.57 Å². The molecule has 1 aromatic carbocycles. The van der Waals surface area contributed by atoms with Crippen LogP contribution in [0.15, 0.2) is 39.6 Å². The molecule has 0 bridgehead atoms. The van der Waals surface area contributed by atoms with E-state index in [2.05, 4.69) is 20.1 Å². The number of aromatic nitrogens is 5. The van der Waals surface area contributed by atoms with Gasteiger partial charge in [0.05, 0.1) is 6.04 Å². The van der Waals surface area contributed by atoms with Gasteiger partial charge in [0.1, 0.15) is 12.4 Å². The fraction of sp³-hybridized carbons (Fsp3) is 0.522. The lowest BCUT2D eigenvalue weighted by atomic mass is 10.2. The van der Waals surface area contributed by atoms with Gasteiger partial charge in [-0.05, 0) is 19.8 Å². The van der Waals surface area contributed by atoms with E-state index in [1.807, 2.05) is 42.2 Å². The van der Waals surface area contributed by atoms with Crippen molar-refractivity contribution in [1.82, 2.24) is 34.3 Å². The maximum Gasteiger partial charge on any atom is 0.346 e. The van der Waals surface area contributed by atoms with E-state index in [-0.39, 0.29) is 24.2 Å². The van der Waals surface area contributed by atoms with Crippen LogP contribution in [0.25, 0.3) is 11.4 Å². The van der Waals surface area contributed by atoms with Crippen LogP contribution in [-0.4, -0.2) is 66.4 Å². The average Bonchev–Trinajstić information content (AvgIpc) is 3.37. The average molecular weight is 452 g/mol. The summed E-state index contributed by atoms with van der Waals surface area (Å²) in [4.78, 5) is 34.1. The fourth-order valence-corrected chi connectivity index (χ4v) is 4.58. The van der Waals surface area contributed by atoms with Crippen LogP contribution in [0.5, 0.6) is 0 Å². The van der Waals surface area contributed by atoms with E-state index in [0.29, 0.717) is 44.4 Å². The largest absolute Gasteiger partial charge is 0.346 e. The lowest BCUT2D eigenvalue weighted by molar-refractivity contribution is -0.134. The molecule has 0 saturated carbocycles. The van der Waals surface area contributed by atoms with Crippen molar-refractivity contribution in [2.75, 3.05) is 26.2 Å². The number of hydrogen-bond donors (Lipinski definition) is 0. The maximum atomic E-state index is 12.9. The van der Waals surface area contributed by atoms with Crippen molar-refractivity contribution in [2.24, 2.45) is 0 Å². The van der Waals surface area contributed by atoms with Gasteiger partial charge >= 0.3 is 5.69 Å². The van der Waals surface area contributed by atoms with Crippen molar-refractivity contribution in [1.29, 1.82) is 0 Å². The van der Waals surface area contributed by atoms with Crippen molar-refractivity contribution in [2.45, 2.75) is 51.7 Å². The summed E-state index contributed by atoms with van der Waals surface area (Å²) < 4.78 is 8.58. The number of hydrogen-bond acceptors (Lipinski definition) is 7. The molecule has 4 heterocycles. The zero-order valence-corrected chi connectivity index (χ0v) is 18.9. The number of benzene rings is 1. The van der Waals surface area contributed by atoms with Crippen LogP contribution >= 0.6 is 0 Å². The summed E-state index contributed by atoms with van der Waals surface area (Å²) >= 11 is 0. The molecule has 10 heteroatoms. The third-order valence-electron chi connectivity index (χ3n) is 6.61. The molecule has 2 aliphatic rings. The number of aryl methyl sites for hydroxylation is 1. The summed E-state index contributed by atoms with van der Waals surface area (Å²) in [5.41, 5.74) is 0.750. The number of fused-ring (bicyclic) bond motifs is 1. The van der Waals surface area contributed by atoms with Gasteiger partial charge in [-0.25, -0.2) is 9.48 Å². The first kappa shape index (κ1) is 21.6. The second-order valence-corrected chi connectivity index (χ2v) is 8.73. The Labute approximate surface area is 191 Å². The van der Waals surface area contributed by atoms with Crippen molar-refractivity contribution >= 4 is 5.91 Å². The minimum atomic E-state index is -0.168. The number of piperazine rings is 1. The number of carbonyl (C=O) groups excluding carboxylic acids is 1. The molecule has 5 rings (SSSR count). The second-order valence-electron chi connectivity index (χ2n) is 8.73. The summed E-state index contributed by atoms with van der Waals surface area (Å²) in [5, 5.41) is 8.55. The van der Waals surface area contributed by atoms with Gasteiger partial charge in [-0.2, -0.15) is 10.1 Å². The van der Waals surface area contributed by atoms with E-state index in [9.17, 15) is 9.59 Å². The molecular formula is C23H29N7O3. The van der Waals surface area contributed by atoms with E-state index in [4.69, 9.17) is 4.52 Å². The van der Waals surface area contributed by atoms with Gasteiger partial charge in [0.2, 0.25) is 17.6 Å². The van der Waals surface area contributed by atoms with E-state index in [1.165, 1.54) is 4.68 Å². The van der Waals surface area contributed by atoms with E-state index < -0.39 is 0 Å². The molecule has 174 valence electrons. The monoisotopic (exact) mass is 451 g/mol. The Hall–Kier alpha value is -3.27. The van der Waals surface area contributed by atoms with Crippen LogP contribution in [0.4, 0.5) is 0 Å². The Morgan fingerprint density at radius 1 is 1.06 bits per heavy atom. The van der Waals surface area contributed by atoms with Crippen molar-refractivity contribution in [3.8, 4) is 11.4 Å². The molecule has 0 radical (unpaired) electrons. The number of amides is 1. The zero-order valence-electron chi connectivity index (χ0n) is 18.9. The molecule has 1 saturated heterocycles. The lowest BCUT2D eigenvalue weighted by Gasteiger charge is -2.36. The summed E-state index contributed by atoms with van der Waals surface area (Å²) in [6.07, 6.45) is 3.94. The quantitative estimate of drug-likeness (QED) is 0.582. The zero-order chi connectivity index (χ0) is 22.8. The molecule has 33 heavy (non-hydrogen) atoms. The van der Waals surface area contributed by atoms with Gasteiger partial charge in [0, 0.05) is 44.7 Å². The molecule has 3 aromatic rings. The third kappa shape index (κ3) is 4.47. The highest BCUT2D eigenvalue weighted by Gasteiger charge is 2.28. The van der Waals surface area contributed by atoms with Crippen LogP contribution in [-0.2, 0) is 24.3 Å². The number of carbonyl (C=O) groups is 1. The number of nitrogens with zero attached hydrogens (tertiary/aromatic N) is 7. The Kier molecular flexibility index (Phi) is 6.08. The van der Waals surface area contributed by atoms with Crippen LogP contribution in [0.1, 0.15) is 43.9 Å². The molecule has 1 atom stereocenters. The first-order valence-electron chi connectivity index (χ1n) is 11.7. The van der Waals surface area contributed by atoms with Gasteiger partial charge in [-0.1, -0.05) is 41.9 Å². The minimum absolute atomic E-state index is 0.00151. The topological polar surface area (TPSA) is 102 Å². The molecule has 0 aliphatic carbocycles. The summed E-state index contributed by atoms with van der Waals surface area (Å²) in [5.74, 6) is 1.88. The van der Waals surface area contributed by atoms with Crippen LogP contribution in [0, 0.1) is 0 Å². The molecule has 0 N–H and O–H groups in total. The SMILES string of the molecule is CC(c1nc(-c2ccccc2)no1)N1CCN(C(=O)Cn2nc3n(c2=O)CCCCC3)CC1. The van der Waals surface area contributed by atoms with Crippen LogP contribution < -0.4 is 5.69 Å². The van der Waals surface area contributed by atoms with Gasteiger partial charge in [0.15, 0.2) is 0 Å². The highest BCUT2D eigenvalue weighted by atomic mass is 16.5. The fourth-order valence-electron chi connectivity index (χ4n) is 4.58. The normalized spacial score (nSPS) is 18.0. The van der Waals surface area contributed by atoms with E-state index in [0.717, 1.165) is 37.1 Å². The Bertz CT molecular complexity index is 1160. The highest BCUT2D eigenvalue weighted by Crippen LogP contribution is 2.23. The second kappa shape index (κ2) is 9.30. The smallest absolute Gasteiger partial charge is 0.339 e. The first-order chi connectivity index (χ1) is 16.1. The molecule has 1 fully saturated rings. The molecule has 1 unspecified atom stereocenters. The number of rotatable bonds is 5. The predicted molar refractivity (Wildman–Crippen MR) is 120 cm³/mol. The van der Waals surface area contributed by atoms with E-state index >= 15 is 0 Å². The maximum absolute atomic E-state index is 12.9. The third-order valence-corrected chi connectivity index (χ3v) is 6.61. The molecule has 1 amide bonds. The van der Waals surface area contributed by atoms with Crippen molar-refractivity contribution in [3.63, 3.8) is 0 Å². The minimum Gasteiger partial charge on any atom is -0.339 e. The molecule has 2 aromatic heterocycles. The van der Waals surface area contributed by atoms with Crippen LogP contribution in [0.2, 0.25) is 0 Å². The highest BCUT2D eigenvalue weighted by molar-refractivity contribution is 5.76. The molecule has 0 spiro atoms. The lowest BCUT2D eigenvalue weighted by Crippen LogP contribution is -2.50. The van der Waals surface area contributed by atoms with Crippen molar-refractivity contribution in [3.05, 3.63) is 52.5 Å². The first-order valence-corrected chi connectivity index (χ1v) is 11.7. The van der Waals surface area contributed by atoms with Crippen LogP contribution in [0.3, 0.4) is 0 Å². The molecule has 2 aliphatic heterocycles. The van der Waals surface area contributed by atoms with Gasteiger partial charge in [0.25, 0.3) is 0 Å². The summed E-state index contributed by atoms with van der Waals surface area (Å²) in [7, 11) is 0.